The molecule has 2 rings (SSSR count). The molecule has 0 aliphatic carbocycles. The van der Waals surface area contributed by atoms with E-state index in [0.29, 0.717) is 26.2 Å². The summed E-state index contributed by atoms with van der Waals surface area (Å²) in [4.78, 5) is 2.15. The van der Waals surface area contributed by atoms with Crippen LogP contribution in [-0.2, 0) is 10.0 Å². The SMILES string of the molecule is CO.CS(=O)(=O)N1CCN(c2cccc(N)c2)CC1. The summed E-state index contributed by atoms with van der Waals surface area (Å²) in [6.07, 6.45) is 1.25. The van der Waals surface area contributed by atoms with Gasteiger partial charge in [-0.2, -0.15) is 4.31 Å². The number of anilines is 2. The van der Waals surface area contributed by atoms with Crippen LogP contribution in [-0.4, -0.2) is 57.4 Å². The van der Waals surface area contributed by atoms with E-state index in [1.54, 1.807) is 0 Å². The predicted molar refractivity (Wildman–Crippen MR) is 77.6 cm³/mol. The minimum Gasteiger partial charge on any atom is -0.400 e. The number of nitrogens with zero attached hydrogens (tertiary/aromatic N) is 2. The largest absolute Gasteiger partial charge is 0.400 e. The second kappa shape index (κ2) is 6.74. The van der Waals surface area contributed by atoms with Crippen LogP contribution >= 0.6 is 0 Å². The zero-order valence-electron chi connectivity index (χ0n) is 11.3. The lowest BCUT2D eigenvalue weighted by Gasteiger charge is -2.34. The van der Waals surface area contributed by atoms with Crippen molar-refractivity contribution < 1.29 is 13.5 Å². The summed E-state index contributed by atoms with van der Waals surface area (Å²) in [6.45, 7) is 2.48. The summed E-state index contributed by atoms with van der Waals surface area (Å²) in [6, 6.07) is 7.66. The monoisotopic (exact) mass is 287 g/mol. The summed E-state index contributed by atoms with van der Waals surface area (Å²) in [5.41, 5.74) is 7.51. The first-order chi connectivity index (χ1) is 8.97. The minimum atomic E-state index is -3.06. The molecule has 1 fully saturated rings. The van der Waals surface area contributed by atoms with Crippen LogP contribution in [0.5, 0.6) is 0 Å². The van der Waals surface area contributed by atoms with E-state index in [2.05, 4.69) is 4.90 Å². The fourth-order valence-electron chi connectivity index (χ4n) is 2.00. The van der Waals surface area contributed by atoms with E-state index in [0.717, 1.165) is 18.5 Å². The Bertz CT molecular complexity index is 497. The molecular formula is C12H21N3O3S. The van der Waals surface area contributed by atoms with E-state index in [-0.39, 0.29) is 0 Å². The number of aliphatic hydroxyl groups excluding tert-OH is 1. The van der Waals surface area contributed by atoms with Crippen LogP contribution in [0, 0.1) is 0 Å². The fraction of sp³-hybridized carbons (Fsp3) is 0.500. The molecule has 6 nitrogen and oxygen atoms in total. The molecule has 0 bridgehead atoms. The summed E-state index contributed by atoms with van der Waals surface area (Å²) >= 11 is 0. The van der Waals surface area contributed by atoms with Crippen molar-refractivity contribution in [2.75, 3.05) is 50.2 Å². The van der Waals surface area contributed by atoms with Gasteiger partial charge in [0.05, 0.1) is 6.26 Å². The van der Waals surface area contributed by atoms with Gasteiger partial charge >= 0.3 is 0 Å². The maximum absolute atomic E-state index is 11.4. The summed E-state index contributed by atoms with van der Waals surface area (Å²) in [7, 11) is -2.06. The van der Waals surface area contributed by atoms with Crippen LogP contribution in [0.2, 0.25) is 0 Å². The number of rotatable bonds is 2. The molecule has 1 aromatic carbocycles. The number of sulfonamides is 1. The van der Waals surface area contributed by atoms with Crippen LogP contribution in [0.3, 0.4) is 0 Å². The lowest BCUT2D eigenvalue weighted by Crippen LogP contribution is -2.48. The first-order valence-electron chi connectivity index (χ1n) is 5.97. The molecule has 0 spiro atoms. The first-order valence-corrected chi connectivity index (χ1v) is 7.82. The van der Waals surface area contributed by atoms with Gasteiger partial charge in [0, 0.05) is 44.7 Å². The number of hydrogen-bond donors (Lipinski definition) is 2. The van der Waals surface area contributed by atoms with Gasteiger partial charge in [-0.3, -0.25) is 0 Å². The maximum atomic E-state index is 11.4. The number of nitrogen functional groups attached to an aromatic ring is 1. The highest BCUT2D eigenvalue weighted by molar-refractivity contribution is 7.88. The highest BCUT2D eigenvalue weighted by Gasteiger charge is 2.23. The van der Waals surface area contributed by atoms with Gasteiger partial charge < -0.3 is 15.7 Å². The highest BCUT2D eigenvalue weighted by Crippen LogP contribution is 2.19. The molecule has 1 saturated heterocycles. The molecule has 0 aromatic heterocycles. The smallest absolute Gasteiger partial charge is 0.211 e. The van der Waals surface area contributed by atoms with E-state index in [1.165, 1.54) is 10.6 Å². The molecule has 19 heavy (non-hydrogen) atoms. The van der Waals surface area contributed by atoms with Crippen molar-refractivity contribution >= 4 is 21.4 Å². The molecule has 0 saturated carbocycles. The average Bonchev–Trinajstić information content (AvgIpc) is 2.40. The van der Waals surface area contributed by atoms with Gasteiger partial charge in [-0.15, -0.1) is 0 Å². The summed E-state index contributed by atoms with van der Waals surface area (Å²) < 4.78 is 24.3. The van der Waals surface area contributed by atoms with Crippen molar-refractivity contribution in [1.29, 1.82) is 0 Å². The Morgan fingerprint density at radius 1 is 1.16 bits per heavy atom. The molecule has 1 heterocycles. The van der Waals surface area contributed by atoms with Crippen molar-refractivity contribution in [3.63, 3.8) is 0 Å². The first kappa shape index (κ1) is 15.7. The molecule has 7 heteroatoms. The van der Waals surface area contributed by atoms with Gasteiger partial charge in [-0.1, -0.05) is 6.07 Å². The van der Waals surface area contributed by atoms with Crippen LogP contribution in [0.15, 0.2) is 24.3 Å². The standard InChI is InChI=1S/C11H17N3O2S.CH4O/c1-17(15,16)14-7-5-13(6-8-14)11-4-2-3-10(12)9-11;1-2/h2-4,9H,5-8,12H2,1H3;2H,1H3. The fourth-order valence-corrected chi connectivity index (χ4v) is 2.83. The Balaban J connectivity index is 0.000000861. The minimum absolute atomic E-state index is 0.535. The molecule has 1 aromatic rings. The van der Waals surface area contributed by atoms with Gasteiger partial charge in [-0.25, -0.2) is 8.42 Å². The average molecular weight is 287 g/mol. The van der Waals surface area contributed by atoms with Crippen LogP contribution in [0.1, 0.15) is 0 Å². The number of nitrogens with two attached hydrogens (primary N) is 1. The normalized spacial score (nSPS) is 16.7. The molecular weight excluding hydrogens is 266 g/mol. The Hall–Kier alpha value is -1.31. The zero-order valence-corrected chi connectivity index (χ0v) is 12.1. The van der Waals surface area contributed by atoms with Crippen LogP contribution in [0.4, 0.5) is 11.4 Å². The van der Waals surface area contributed by atoms with Crippen molar-refractivity contribution in [1.82, 2.24) is 4.31 Å². The van der Waals surface area contributed by atoms with E-state index < -0.39 is 10.0 Å². The van der Waals surface area contributed by atoms with Gasteiger partial charge in [0.15, 0.2) is 0 Å². The van der Waals surface area contributed by atoms with Crippen LogP contribution < -0.4 is 10.6 Å². The summed E-state index contributed by atoms with van der Waals surface area (Å²) in [5.74, 6) is 0. The second-order valence-electron chi connectivity index (χ2n) is 4.24. The molecule has 1 aliphatic rings. The molecule has 0 amide bonds. The molecule has 108 valence electrons. The Morgan fingerprint density at radius 2 is 1.74 bits per heavy atom. The number of benzene rings is 1. The molecule has 0 radical (unpaired) electrons. The molecule has 0 atom stereocenters. The third kappa shape index (κ3) is 4.38. The van der Waals surface area contributed by atoms with Crippen LogP contribution in [0.25, 0.3) is 0 Å². The lowest BCUT2D eigenvalue weighted by atomic mass is 10.2. The van der Waals surface area contributed by atoms with Gasteiger partial charge in [0.25, 0.3) is 0 Å². The van der Waals surface area contributed by atoms with E-state index >= 15 is 0 Å². The second-order valence-corrected chi connectivity index (χ2v) is 6.23. The maximum Gasteiger partial charge on any atom is 0.211 e. The Kier molecular flexibility index (Phi) is 5.59. The Labute approximate surface area is 114 Å². The van der Waals surface area contributed by atoms with Crippen molar-refractivity contribution in [2.45, 2.75) is 0 Å². The molecule has 1 aliphatic heterocycles. The lowest BCUT2D eigenvalue weighted by molar-refractivity contribution is 0.388. The zero-order chi connectivity index (χ0) is 14.5. The quantitative estimate of drug-likeness (QED) is 0.745. The summed E-state index contributed by atoms with van der Waals surface area (Å²) in [5, 5.41) is 7.00. The topological polar surface area (TPSA) is 86.9 Å². The molecule has 3 N–H and O–H groups in total. The third-order valence-electron chi connectivity index (χ3n) is 2.94. The van der Waals surface area contributed by atoms with Crippen molar-refractivity contribution in [3.8, 4) is 0 Å². The van der Waals surface area contributed by atoms with Gasteiger partial charge in [0.1, 0.15) is 0 Å². The van der Waals surface area contributed by atoms with Crippen molar-refractivity contribution in [2.24, 2.45) is 0 Å². The van der Waals surface area contributed by atoms with E-state index in [9.17, 15) is 8.42 Å². The number of hydrogen-bond acceptors (Lipinski definition) is 5. The van der Waals surface area contributed by atoms with E-state index in [1.807, 2.05) is 24.3 Å². The molecule has 0 unspecified atom stereocenters. The Morgan fingerprint density at radius 3 is 2.21 bits per heavy atom. The number of aliphatic hydroxyl groups is 1. The van der Waals surface area contributed by atoms with Gasteiger partial charge in [-0.05, 0) is 18.2 Å². The predicted octanol–water partition coefficient (Wildman–Crippen LogP) is -0.0411. The van der Waals surface area contributed by atoms with E-state index in [4.69, 9.17) is 10.8 Å². The van der Waals surface area contributed by atoms with Gasteiger partial charge in [0.2, 0.25) is 10.0 Å². The highest BCUT2D eigenvalue weighted by atomic mass is 32.2. The van der Waals surface area contributed by atoms with Crippen molar-refractivity contribution in [3.05, 3.63) is 24.3 Å². The number of piperazine rings is 1. The third-order valence-corrected chi connectivity index (χ3v) is 4.25.